The van der Waals surface area contributed by atoms with Crippen molar-refractivity contribution in [3.05, 3.63) is 42.1 Å². The molecular formula is C17H23FN2O3. The zero-order valence-electron chi connectivity index (χ0n) is 13.5. The molecule has 23 heavy (non-hydrogen) atoms. The lowest BCUT2D eigenvalue weighted by Gasteiger charge is -2.38. The Kier molecular flexibility index (Phi) is 4.46. The Balaban J connectivity index is 1.49. The van der Waals surface area contributed by atoms with Crippen molar-refractivity contribution >= 4 is 5.69 Å². The van der Waals surface area contributed by atoms with E-state index in [-0.39, 0.29) is 5.82 Å². The van der Waals surface area contributed by atoms with E-state index in [9.17, 15) is 9.50 Å². The van der Waals surface area contributed by atoms with Gasteiger partial charge in [0, 0.05) is 52.1 Å². The predicted molar refractivity (Wildman–Crippen MR) is 85.1 cm³/mol. The van der Waals surface area contributed by atoms with Crippen molar-refractivity contribution in [1.29, 1.82) is 0 Å². The van der Waals surface area contributed by atoms with Crippen molar-refractivity contribution in [3.63, 3.8) is 0 Å². The molecule has 3 rings (SSSR count). The fraction of sp³-hybridized carbons (Fsp3) is 0.529. The maximum absolute atomic E-state index is 13.0. The maximum atomic E-state index is 13.0. The molecule has 0 radical (unpaired) electrons. The zero-order valence-corrected chi connectivity index (χ0v) is 13.5. The summed E-state index contributed by atoms with van der Waals surface area (Å²) in [6, 6.07) is 6.53. The molecule has 0 aliphatic carbocycles. The number of piperazine rings is 1. The Bertz CT molecular complexity index is 566. The van der Waals surface area contributed by atoms with Gasteiger partial charge in [-0.05, 0) is 24.3 Å². The molecule has 2 heterocycles. The zero-order chi connectivity index (χ0) is 16.4. The second-order valence-electron chi connectivity index (χ2n) is 6.39. The first kappa shape index (κ1) is 16.1. The summed E-state index contributed by atoms with van der Waals surface area (Å²) in [5.74, 6) is -0.197. The summed E-state index contributed by atoms with van der Waals surface area (Å²) >= 11 is 0. The third kappa shape index (κ3) is 3.95. The van der Waals surface area contributed by atoms with Gasteiger partial charge in [-0.1, -0.05) is 0 Å². The van der Waals surface area contributed by atoms with Gasteiger partial charge in [0.15, 0.2) is 0 Å². The van der Waals surface area contributed by atoms with Crippen LogP contribution in [0.5, 0.6) is 0 Å². The smallest absolute Gasteiger partial charge is 0.244 e. The van der Waals surface area contributed by atoms with E-state index in [1.807, 2.05) is 18.7 Å². The Morgan fingerprint density at radius 2 is 1.83 bits per heavy atom. The third-order valence-electron chi connectivity index (χ3n) is 4.16. The van der Waals surface area contributed by atoms with Gasteiger partial charge in [0.1, 0.15) is 24.1 Å². The molecule has 0 spiro atoms. The van der Waals surface area contributed by atoms with Crippen molar-refractivity contribution < 1.29 is 19.0 Å². The second kappa shape index (κ2) is 6.37. The molecule has 1 aromatic carbocycles. The highest BCUT2D eigenvalue weighted by Crippen LogP contribution is 2.28. The van der Waals surface area contributed by atoms with Gasteiger partial charge in [0.25, 0.3) is 0 Å². The van der Waals surface area contributed by atoms with Crippen LogP contribution in [0.25, 0.3) is 0 Å². The predicted octanol–water partition coefficient (Wildman–Crippen LogP) is 2.28. The molecule has 2 aliphatic heterocycles. The maximum Gasteiger partial charge on any atom is 0.244 e. The van der Waals surface area contributed by atoms with Gasteiger partial charge in [0.05, 0.1) is 0 Å². The van der Waals surface area contributed by atoms with Gasteiger partial charge in [-0.2, -0.15) is 0 Å². The first-order chi connectivity index (χ1) is 10.9. The molecule has 6 heteroatoms. The number of hydrogen-bond acceptors (Lipinski definition) is 5. The monoisotopic (exact) mass is 322 g/mol. The van der Waals surface area contributed by atoms with Crippen LogP contribution in [0.4, 0.5) is 10.1 Å². The molecule has 1 N–H and O–H groups in total. The Hall–Kier alpha value is -1.79. The summed E-state index contributed by atoms with van der Waals surface area (Å²) in [5.41, 5.74) is 1.01. The number of benzene rings is 1. The SMILES string of the molecule is CC1(C)OC=C(C[C@@H](O)N2CCN(c3ccc(F)cc3)CC2)O1. The van der Waals surface area contributed by atoms with E-state index in [1.165, 1.54) is 12.1 Å². The number of hydrogen-bond donors (Lipinski definition) is 1. The van der Waals surface area contributed by atoms with Gasteiger partial charge in [-0.25, -0.2) is 4.39 Å². The van der Waals surface area contributed by atoms with Crippen LogP contribution >= 0.6 is 0 Å². The molecular weight excluding hydrogens is 299 g/mol. The molecule has 0 bridgehead atoms. The number of aliphatic hydroxyl groups is 1. The van der Waals surface area contributed by atoms with Gasteiger partial charge >= 0.3 is 0 Å². The highest BCUT2D eigenvalue weighted by Gasteiger charge is 2.30. The van der Waals surface area contributed by atoms with Gasteiger partial charge in [-0.3, -0.25) is 4.90 Å². The molecule has 1 fully saturated rings. The minimum absolute atomic E-state index is 0.224. The average Bonchev–Trinajstić information content (AvgIpc) is 2.87. The molecule has 0 amide bonds. The van der Waals surface area contributed by atoms with Crippen LogP contribution in [-0.4, -0.2) is 48.2 Å². The summed E-state index contributed by atoms with van der Waals surface area (Å²) in [4.78, 5) is 4.22. The number of nitrogens with zero attached hydrogens (tertiary/aromatic N) is 2. The second-order valence-corrected chi connectivity index (χ2v) is 6.39. The molecule has 1 aromatic rings. The fourth-order valence-electron chi connectivity index (χ4n) is 2.90. The highest BCUT2D eigenvalue weighted by atomic mass is 19.1. The lowest BCUT2D eigenvalue weighted by atomic mass is 10.2. The minimum atomic E-state index is -0.643. The number of ether oxygens (including phenoxy) is 2. The van der Waals surface area contributed by atoms with Crippen molar-refractivity contribution in [2.45, 2.75) is 32.3 Å². The van der Waals surface area contributed by atoms with Crippen molar-refractivity contribution in [1.82, 2.24) is 4.90 Å². The largest absolute Gasteiger partial charge is 0.457 e. The highest BCUT2D eigenvalue weighted by molar-refractivity contribution is 5.46. The Labute approximate surface area is 135 Å². The minimum Gasteiger partial charge on any atom is -0.457 e. The van der Waals surface area contributed by atoms with E-state index >= 15 is 0 Å². The van der Waals surface area contributed by atoms with Crippen molar-refractivity contribution in [2.75, 3.05) is 31.1 Å². The van der Waals surface area contributed by atoms with E-state index in [2.05, 4.69) is 4.90 Å². The molecule has 1 saturated heterocycles. The summed E-state index contributed by atoms with van der Waals surface area (Å²) in [6.45, 7) is 6.76. The van der Waals surface area contributed by atoms with E-state index < -0.39 is 12.0 Å². The van der Waals surface area contributed by atoms with Crippen LogP contribution in [0.2, 0.25) is 0 Å². The first-order valence-electron chi connectivity index (χ1n) is 7.91. The van der Waals surface area contributed by atoms with Crippen molar-refractivity contribution in [3.8, 4) is 0 Å². The Morgan fingerprint density at radius 3 is 2.39 bits per heavy atom. The summed E-state index contributed by atoms with van der Waals surface area (Å²) < 4.78 is 24.0. The number of anilines is 1. The molecule has 0 unspecified atom stereocenters. The molecule has 2 aliphatic rings. The van der Waals surface area contributed by atoms with Crippen molar-refractivity contribution in [2.24, 2.45) is 0 Å². The van der Waals surface area contributed by atoms with E-state index in [4.69, 9.17) is 9.47 Å². The molecule has 0 aromatic heterocycles. The molecule has 0 saturated carbocycles. The normalized spacial score (nSPS) is 22.3. The van der Waals surface area contributed by atoms with E-state index in [1.54, 1.807) is 18.4 Å². The lowest BCUT2D eigenvalue weighted by Crippen LogP contribution is -2.50. The van der Waals surface area contributed by atoms with E-state index in [0.29, 0.717) is 12.2 Å². The number of aliphatic hydroxyl groups excluding tert-OH is 1. The van der Waals surface area contributed by atoms with E-state index in [0.717, 1.165) is 31.9 Å². The van der Waals surface area contributed by atoms with Gasteiger partial charge in [-0.15, -0.1) is 0 Å². The fourth-order valence-corrected chi connectivity index (χ4v) is 2.90. The lowest BCUT2D eigenvalue weighted by molar-refractivity contribution is -0.122. The average molecular weight is 322 g/mol. The van der Waals surface area contributed by atoms with Crippen LogP contribution in [0, 0.1) is 5.82 Å². The molecule has 5 nitrogen and oxygen atoms in total. The Morgan fingerprint density at radius 1 is 1.17 bits per heavy atom. The van der Waals surface area contributed by atoms with Gasteiger partial charge < -0.3 is 19.5 Å². The molecule has 1 atom stereocenters. The first-order valence-corrected chi connectivity index (χ1v) is 7.91. The van der Waals surface area contributed by atoms with Crippen LogP contribution in [0.15, 0.2) is 36.3 Å². The summed E-state index contributed by atoms with van der Waals surface area (Å²) in [6.07, 6.45) is 1.41. The summed E-state index contributed by atoms with van der Waals surface area (Å²) in [5, 5.41) is 10.4. The quantitative estimate of drug-likeness (QED) is 0.921. The van der Waals surface area contributed by atoms with Crippen LogP contribution in [0.1, 0.15) is 20.3 Å². The van der Waals surface area contributed by atoms with Crippen LogP contribution in [0.3, 0.4) is 0 Å². The van der Waals surface area contributed by atoms with Crippen LogP contribution < -0.4 is 4.90 Å². The molecule has 126 valence electrons. The standard InChI is InChI=1S/C17H23FN2O3/c1-17(2)22-12-15(23-17)11-16(21)20-9-7-19(8-10-20)14-5-3-13(18)4-6-14/h3-6,12,16,21H,7-11H2,1-2H3/t16-/m1/s1. The van der Waals surface area contributed by atoms with Crippen LogP contribution in [-0.2, 0) is 9.47 Å². The number of halogens is 1. The topological polar surface area (TPSA) is 45.2 Å². The van der Waals surface area contributed by atoms with Gasteiger partial charge in [0.2, 0.25) is 5.79 Å². The summed E-state index contributed by atoms with van der Waals surface area (Å²) in [7, 11) is 0. The third-order valence-corrected chi connectivity index (χ3v) is 4.16. The number of rotatable bonds is 4.